The van der Waals surface area contributed by atoms with Crippen molar-refractivity contribution >= 4 is 28.6 Å². The van der Waals surface area contributed by atoms with E-state index in [1.807, 2.05) is 7.35 Å². The van der Waals surface area contributed by atoms with E-state index >= 15 is 0 Å². The fraction of sp³-hybridized carbons (Fsp3) is 1.00. The molecule has 0 heterocycles. The van der Waals surface area contributed by atoms with Crippen LogP contribution in [0.3, 0.4) is 0 Å². The van der Waals surface area contributed by atoms with Crippen molar-refractivity contribution in [3.05, 3.63) is 0 Å². The minimum absolute atomic E-state index is 1.22. The predicted molar refractivity (Wildman–Crippen MR) is 27.5 cm³/mol. The molecule has 4 heavy (non-hydrogen) atoms. The summed E-state index contributed by atoms with van der Waals surface area (Å²) in [7, 11) is 1.83. The Morgan fingerprint density at radius 1 is 2.00 bits per heavy atom. The SMILES string of the molecule is [CH3][Fe][S]I. The van der Waals surface area contributed by atoms with Gasteiger partial charge in [0.1, 0.15) is 0 Å². The molecule has 0 aliphatic heterocycles. The normalized spacial score (nSPS) is 8.50. The zero-order valence-electron chi connectivity index (χ0n) is 2.14. The number of hydrogen-bond donors (Lipinski definition) is 0. The molecular weight excluding hydrogens is 227 g/mol. The number of halogens is 1. The summed E-state index contributed by atoms with van der Waals surface area (Å²) in [4.78, 5) is 0. The van der Waals surface area contributed by atoms with Crippen LogP contribution in [0.4, 0.5) is 0 Å². The third-order valence-corrected chi connectivity index (χ3v) is 4.53. The summed E-state index contributed by atoms with van der Waals surface area (Å²) in [5.74, 6) is 2.14. The zero-order chi connectivity index (χ0) is 3.41. The topological polar surface area (TPSA) is 0 Å². The Morgan fingerprint density at radius 2 is 2.25 bits per heavy atom. The second-order valence-electron chi connectivity index (χ2n) is 0.199. The molecule has 0 atom stereocenters. The van der Waals surface area contributed by atoms with Gasteiger partial charge in [-0.2, -0.15) is 0 Å². The van der Waals surface area contributed by atoms with Crippen LogP contribution < -0.4 is 0 Å². The minimum atomic E-state index is 1.22. The van der Waals surface area contributed by atoms with Crippen molar-refractivity contribution in [1.82, 2.24) is 0 Å². The van der Waals surface area contributed by atoms with Gasteiger partial charge in [0.05, 0.1) is 0 Å². The summed E-state index contributed by atoms with van der Waals surface area (Å²) in [6, 6.07) is 0. The molecule has 0 rings (SSSR count). The van der Waals surface area contributed by atoms with Gasteiger partial charge in [-0.25, -0.2) is 0 Å². The van der Waals surface area contributed by atoms with Gasteiger partial charge in [-0.3, -0.25) is 0 Å². The van der Waals surface area contributed by atoms with Crippen molar-refractivity contribution < 1.29 is 13.8 Å². The third-order valence-electron chi connectivity index (χ3n) is 0.0546. The molecule has 0 N–H and O–H groups in total. The maximum atomic E-state index is 2.27. The van der Waals surface area contributed by atoms with Crippen LogP contribution in [0.15, 0.2) is 0 Å². The molecule has 3 heteroatoms. The van der Waals surface area contributed by atoms with Gasteiger partial charge in [0.15, 0.2) is 0 Å². The first-order chi connectivity index (χ1) is 1.91. The van der Waals surface area contributed by atoms with Gasteiger partial charge in [-0.05, 0) is 0 Å². The van der Waals surface area contributed by atoms with Gasteiger partial charge in [-0.15, -0.1) is 0 Å². The fourth-order valence-corrected chi connectivity index (χ4v) is 0. The molecule has 0 amide bonds. The van der Waals surface area contributed by atoms with Crippen LogP contribution in [0, 0.1) is 0 Å². The molecule has 0 aromatic rings. The van der Waals surface area contributed by atoms with E-state index in [-0.39, 0.29) is 0 Å². The quantitative estimate of drug-likeness (QED) is 0.491. The summed E-state index contributed by atoms with van der Waals surface area (Å²) < 4.78 is 0. The van der Waals surface area contributed by atoms with Crippen molar-refractivity contribution in [2.45, 2.75) is 5.82 Å². The van der Waals surface area contributed by atoms with Crippen LogP contribution in [0.5, 0.6) is 0 Å². The van der Waals surface area contributed by atoms with E-state index in [9.17, 15) is 0 Å². The molecule has 0 radical (unpaired) electrons. The van der Waals surface area contributed by atoms with Crippen LogP contribution in [0.2, 0.25) is 5.82 Å². The molecule has 28 valence electrons. The van der Waals surface area contributed by atoms with E-state index in [1.54, 1.807) is 0 Å². The molecule has 0 aromatic carbocycles. The fourth-order valence-electron chi connectivity index (χ4n) is 0. The Morgan fingerprint density at radius 3 is 2.25 bits per heavy atom. The average Bonchev–Trinajstić information content (AvgIpc) is 1.37. The van der Waals surface area contributed by atoms with Gasteiger partial charge in [0.25, 0.3) is 0 Å². The molecule has 0 saturated heterocycles. The predicted octanol–water partition coefficient (Wildman–Crippen LogP) is 2.12. The molecule has 0 fully saturated rings. The van der Waals surface area contributed by atoms with Gasteiger partial charge in [-0.1, -0.05) is 0 Å². The Balaban J connectivity index is 1.97. The van der Waals surface area contributed by atoms with E-state index in [1.165, 1.54) is 13.8 Å². The van der Waals surface area contributed by atoms with Crippen LogP contribution in [0.1, 0.15) is 0 Å². The van der Waals surface area contributed by atoms with Gasteiger partial charge in [0.2, 0.25) is 0 Å². The maximum absolute atomic E-state index is 2.27. The van der Waals surface area contributed by atoms with Gasteiger partial charge in [0, 0.05) is 0 Å². The summed E-state index contributed by atoms with van der Waals surface area (Å²) in [5.41, 5.74) is 0. The molecule has 0 spiro atoms. The van der Waals surface area contributed by atoms with E-state index in [0.29, 0.717) is 0 Å². The number of hydrogen-bond acceptors (Lipinski definition) is 1. The summed E-state index contributed by atoms with van der Waals surface area (Å²) >= 11 is 3.49. The summed E-state index contributed by atoms with van der Waals surface area (Å²) in [5, 5.41) is 0. The van der Waals surface area contributed by atoms with Crippen molar-refractivity contribution in [1.29, 1.82) is 0 Å². The van der Waals surface area contributed by atoms with Crippen molar-refractivity contribution in [2.24, 2.45) is 0 Å². The van der Waals surface area contributed by atoms with Gasteiger partial charge >= 0.3 is 48.2 Å². The first kappa shape index (κ1) is 5.60. The zero-order valence-corrected chi connectivity index (χ0v) is 6.22. The van der Waals surface area contributed by atoms with Crippen LogP contribution in [-0.2, 0) is 13.8 Å². The van der Waals surface area contributed by atoms with Gasteiger partial charge < -0.3 is 0 Å². The summed E-state index contributed by atoms with van der Waals surface area (Å²) in [6.07, 6.45) is 0. The Bertz CT molecular complexity index is 10.0. The standard InChI is InChI=1S/CH3.Fe.IS/c;;1-2/h1H3;;/q;+1;-1. The van der Waals surface area contributed by atoms with Crippen molar-refractivity contribution in [3.63, 3.8) is 0 Å². The molecule has 0 saturated carbocycles. The average molecular weight is 230 g/mol. The Labute approximate surface area is 47.9 Å². The van der Waals surface area contributed by atoms with Crippen LogP contribution in [0.25, 0.3) is 0 Å². The Kier molecular flexibility index (Phi) is 6.44. The molecule has 0 aromatic heterocycles. The molecule has 0 nitrogen and oxygen atoms in total. The summed E-state index contributed by atoms with van der Waals surface area (Å²) in [6.45, 7) is 0. The van der Waals surface area contributed by atoms with Crippen molar-refractivity contribution in [2.75, 3.05) is 0 Å². The molecule has 0 aliphatic carbocycles. The molecule has 0 aliphatic rings. The molecular formula is CH3FeIS. The monoisotopic (exact) mass is 230 g/mol. The van der Waals surface area contributed by atoms with Crippen LogP contribution in [-0.4, -0.2) is 0 Å². The van der Waals surface area contributed by atoms with E-state index in [2.05, 4.69) is 27.0 Å². The Hall–Kier alpha value is 1.60. The van der Waals surface area contributed by atoms with E-state index in [0.717, 1.165) is 0 Å². The van der Waals surface area contributed by atoms with E-state index in [4.69, 9.17) is 0 Å². The third kappa shape index (κ3) is 3.60. The first-order valence-electron chi connectivity index (χ1n) is 0.652. The van der Waals surface area contributed by atoms with E-state index < -0.39 is 0 Å². The second-order valence-corrected chi connectivity index (χ2v) is 6.31. The first-order valence-corrected chi connectivity index (χ1v) is 6.35. The second kappa shape index (κ2) is 4.60. The molecule has 0 bridgehead atoms. The van der Waals surface area contributed by atoms with Crippen molar-refractivity contribution in [3.8, 4) is 0 Å². The molecule has 0 unspecified atom stereocenters. The number of rotatable bonds is 1. The van der Waals surface area contributed by atoms with Crippen LogP contribution >= 0.6 is 28.6 Å².